The summed E-state index contributed by atoms with van der Waals surface area (Å²) in [6.45, 7) is 3.13. The van der Waals surface area contributed by atoms with Crippen LogP contribution in [0.5, 0.6) is 0 Å². The van der Waals surface area contributed by atoms with E-state index in [9.17, 15) is 0 Å². The third-order valence-corrected chi connectivity index (χ3v) is 6.50. The molecule has 0 aliphatic rings. The van der Waals surface area contributed by atoms with Gasteiger partial charge in [0.25, 0.3) is 0 Å². The van der Waals surface area contributed by atoms with E-state index in [4.69, 9.17) is 0 Å². The second-order valence-electron chi connectivity index (χ2n) is 6.56. The second-order valence-corrected chi connectivity index (χ2v) is 9.08. The summed E-state index contributed by atoms with van der Waals surface area (Å²) >= 11 is 0. The summed E-state index contributed by atoms with van der Waals surface area (Å²) in [5, 5.41) is 2.51. The van der Waals surface area contributed by atoms with Gasteiger partial charge in [0.2, 0.25) is 0 Å². The van der Waals surface area contributed by atoms with Crippen molar-refractivity contribution < 1.29 is 0 Å². The molecule has 0 spiro atoms. The van der Waals surface area contributed by atoms with Gasteiger partial charge in [0.15, 0.2) is 0 Å². The average Bonchev–Trinajstić information content (AvgIpc) is 2.63. The van der Waals surface area contributed by atoms with Crippen LogP contribution in [0.2, 0.25) is 0 Å². The van der Waals surface area contributed by atoms with Crippen LogP contribution in [0.3, 0.4) is 0 Å². The van der Waals surface area contributed by atoms with Crippen molar-refractivity contribution in [1.82, 2.24) is 4.72 Å². The minimum absolute atomic E-state index is 0.899. The van der Waals surface area contributed by atoms with Gasteiger partial charge in [-0.05, 0) is 46.9 Å². The molecule has 3 aromatic rings. The zero-order chi connectivity index (χ0) is 17.7. The molecule has 0 amide bonds. The first-order chi connectivity index (χ1) is 12.1. The second kappa shape index (κ2) is 7.90. The maximum atomic E-state index is 4.40. The normalized spacial score (nSPS) is 11.7. The summed E-state index contributed by atoms with van der Waals surface area (Å²) in [6, 6.07) is 23.7. The van der Waals surface area contributed by atoms with E-state index >= 15 is 0 Å². The first-order valence-electron chi connectivity index (χ1n) is 8.90. The highest BCUT2D eigenvalue weighted by atomic mass is 32.2. The molecule has 0 fully saturated rings. The van der Waals surface area contributed by atoms with Crippen molar-refractivity contribution in [2.45, 2.75) is 31.1 Å². The monoisotopic (exact) mass is 349 g/mol. The topological polar surface area (TPSA) is 12.0 Å². The molecule has 0 radical (unpaired) electrons. The molecule has 0 aliphatic heterocycles. The van der Waals surface area contributed by atoms with Crippen LogP contribution in [-0.2, 0) is 12.8 Å². The van der Waals surface area contributed by atoms with Crippen LogP contribution in [0.4, 0.5) is 0 Å². The highest BCUT2D eigenvalue weighted by Crippen LogP contribution is 2.30. The predicted molar refractivity (Wildman–Crippen MR) is 116 cm³/mol. The largest absolute Gasteiger partial charge is 0.271 e. The van der Waals surface area contributed by atoms with Crippen molar-refractivity contribution in [3.63, 3.8) is 0 Å². The quantitative estimate of drug-likeness (QED) is 0.550. The molecule has 3 rings (SSSR count). The Morgan fingerprint density at radius 1 is 0.800 bits per heavy atom. The zero-order valence-corrected chi connectivity index (χ0v) is 15.8. The smallest absolute Gasteiger partial charge is 0.00928 e. The number of hydrogen-bond acceptors (Lipinski definition) is 1. The molecule has 1 nitrogen and oxygen atoms in total. The van der Waals surface area contributed by atoms with Gasteiger partial charge >= 0.3 is 0 Å². The third-order valence-electron chi connectivity index (χ3n) is 4.58. The third kappa shape index (κ3) is 4.33. The standard InChI is InChI=1S/C23H27NS/c1-4-9-19-10-5-6-12-21(19)16-17-24-25(2,3)23-15-14-20-11-7-8-13-22(20)18-23/h5-8,10-15,18,24H,2-4,9,16-17H2,1H3. The molecule has 0 heterocycles. The van der Waals surface area contributed by atoms with Crippen LogP contribution in [0, 0.1) is 0 Å². The maximum Gasteiger partial charge on any atom is 0.00928 e. The Morgan fingerprint density at radius 2 is 1.44 bits per heavy atom. The van der Waals surface area contributed by atoms with Gasteiger partial charge in [-0.1, -0.05) is 79.7 Å². The van der Waals surface area contributed by atoms with Crippen molar-refractivity contribution in [1.29, 1.82) is 0 Å². The van der Waals surface area contributed by atoms with Crippen LogP contribution < -0.4 is 4.72 Å². The fourth-order valence-corrected chi connectivity index (χ4v) is 4.53. The number of hydrogen-bond donors (Lipinski definition) is 1. The number of fused-ring (bicyclic) bond motifs is 1. The van der Waals surface area contributed by atoms with Crippen molar-refractivity contribution in [3.05, 3.63) is 77.9 Å². The molecule has 25 heavy (non-hydrogen) atoms. The molecule has 0 atom stereocenters. The number of aryl methyl sites for hydroxylation is 1. The van der Waals surface area contributed by atoms with Gasteiger partial charge in [0.05, 0.1) is 0 Å². The van der Waals surface area contributed by atoms with Crippen LogP contribution in [0.15, 0.2) is 71.6 Å². The van der Waals surface area contributed by atoms with E-state index in [0.29, 0.717) is 0 Å². The molecule has 130 valence electrons. The van der Waals surface area contributed by atoms with Crippen molar-refractivity contribution in [2.75, 3.05) is 6.54 Å². The fraction of sp³-hybridized carbons (Fsp3) is 0.217. The average molecular weight is 350 g/mol. The fourth-order valence-electron chi connectivity index (χ4n) is 3.19. The van der Waals surface area contributed by atoms with E-state index in [1.165, 1.54) is 33.2 Å². The van der Waals surface area contributed by atoms with Crippen LogP contribution in [-0.4, -0.2) is 18.3 Å². The summed E-state index contributed by atoms with van der Waals surface area (Å²) in [5.74, 6) is 8.80. The molecule has 0 saturated heterocycles. The van der Waals surface area contributed by atoms with E-state index in [0.717, 1.165) is 19.4 Å². The maximum absolute atomic E-state index is 4.40. The van der Waals surface area contributed by atoms with E-state index < -0.39 is 9.39 Å². The molecule has 0 aromatic heterocycles. The molecule has 0 bridgehead atoms. The van der Waals surface area contributed by atoms with E-state index in [-0.39, 0.29) is 0 Å². The summed E-state index contributed by atoms with van der Waals surface area (Å²) < 4.78 is 3.62. The Labute approximate surface area is 152 Å². The summed E-state index contributed by atoms with van der Waals surface area (Å²) in [5.41, 5.74) is 2.90. The molecular formula is C23H27NS. The van der Waals surface area contributed by atoms with Crippen LogP contribution in [0.25, 0.3) is 10.8 Å². The number of benzene rings is 3. The van der Waals surface area contributed by atoms with Crippen molar-refractivity contribution in [2.24, 2.45) is 0 Å². The lowest BCUT2D eigenvalue weighted by atomic mass is 10.0. The van der Waals surface area contributed by atoms with Gasteiger partial charge in [-0.25, -0.2) is 0 Å². The Hall–Kier alpha value is -2.03. The van der Waals surface area contributed by atoms with Gasteiger partial charge in [-0.15, -0.1) is 9.39 Å². The van der Waals surface area contributed by atoms with E-state index in [2.05, 4.69) is 90.1 Å². The van der Waals surface area contributed by atoms with Gasteiger partial charge in [-0.2, -0.15) is 0 Å². The Morgan fingerprint density at radius 3 is 2.16 bits per heavy atom. The lowest BCUT2D eigenvalue weighted by molar-refractivity contribution is 0.858. The van der Waals surface area contributed by atoms with E-state index in [1.807, 2.05) is 0 Å². The van der Waals surface area contributed by atoms with Crippen LogP contribution >= 0.6 is 9.39 Å². The highest BCUT2D eigenvalue weighted by Gasteiger charge is 2.05. The Balaban J connectivity index is 1.71. The molecule has 0 saturated carbocycles. The first-order valence-corrected chi connectivity index (χ1v) is 10.9. The van der Waals surface area contributed by atoms with Gasteiger partial charge in [-0.3, -0.25) is 4.72 Å². The number of nitrogens with one attached hydrogen (secondary N) is 1. The summed E-state index contributed by atoms with van der Waals surface area (Å²) in [6.07, 6.45) is 3.35. The lowest BCUT2D eigenvalue weighted by Crippen LogP contribution is -2.14. The molecule has 0 unspecified atom stereocenters. The van der Waals surface area contributed by atoms with E-state index in [1.54, 1.807) is 0 Å². The molecule has 0 aliphatic carbocycles. The van der Waals surface area contributed by atoms with Gasteiger partial charge in [0.1, 0.15) is 0 Å². The SMILES string of the molecule is C=S(=C)(NCCc1ccccc1CCC)c1ccc2ccccc2c1. The molecular weight excluding hydrogens is 322 g/mol. The van der Waals surface area contributed by atoms with Gasteiger partial charge < -0.3 is 0 Å². The Bertz CT molecular complexity index is 954. The molecule has 3 aromatic carbocycles. The lowest BCUT2D eigenvalue weighted by Gasteiger charge is -2.18. The number of rotatable bonds is 7. The molecule has 1 N–H and O–H groups in total. The zero-order valence-electron chi connectivity index (χ0n) is 15.0. The predicted octanol–water partition coefficient (Wildman–Crippen LogP) is 5.57. The van der Waals surface area contributed by atoms with Gasteiger partial charge in [0, 0.05) is 11.4 Å². The first kappa shape index (κ1) is 17.8. The minimum Gasteiger partial charge on any atom is -0.271 e. The summed E-state index contributed by atoms with van der Waals surface area (Å²) in [7, 11) is -1.50. The summed E-state index contributed by atoms with van der Waals surface area (Å²) in [4.78, 5) is 1.20. The van der Waals surface area contributed by atoms with Crippen molar-refractivity contribution >= 4 is 31.9 Å². The van der Waals surface area contributed by atoms with Crippen LogP contribution in [0.1, 0.15) is 24.5 Å². The minimum atomic E-state index is -1.50. The Kier molecular flexibility index (Phi) is 5.62. The molecule has 2 heteroatoms. The highest BCUT2D eigenvalue weighted by molar-refractivity contribution is 8.26. The van der Waals surface area contributed by atoms with Crippen molar-refractivity contribution in [3.8, 4) is 0 Å².